The molecule has 6 nitrogen and oxygen atoms in total. The maximum Gasteiger partial charge on any atom is 0.164 e. The number of benzene rings is 7. The lowest BCUT2D eigenvalue weighted by Gasteiger charge is -2.11. The monoisotopic (exact) mass is 768 g/mol. The van der Waals surface area contributed by atoms with E-state index < -0.39 is 0 Å². The third-order valence-electron chi connectivity index (χ3n) is 10.5. The molecule has 0 bridgehead atoms. The summed E-state index contributed by atoms with van der Waals surface area (Å²) in [5.74, 6) is 2.55. The maximum absolute atomic E-state index is 5.13. The molecule has 7 aromatic carbocycles. The Morgan fingerprint density at radius 3 is 1.03 bits per heavy atom. The standard InChI is InChI=1S/C54H36N6/c1-2-11-40(12-3-1)52-58-53(48-19-8-17-46(35-48)44-15-6-13-42(33-44)37-22-26-39(27-23-37)50-21-4-5-30-55-50)60-54(59-52)49-20-9-18-47(36-49)45-16-7-14-43(34-45)38-24-28-41(29-25-38)51-56-31-10-32-57-51/h1-36H. The summed E-state index contributed by atoms with van der Waals surface area (Å²) in [6, 6.07) is 68.9. The zero-order valence-corrected chi connectivity index (χ0v) is 32.5. The number of nitrogens with zero attached hydrogens (tertiary/aromatic N) is 6. The Balaban J connectivity index is 0.973. The van der Waals surface area contributed by atoms with Crippen molar-refractivity contribution >= 4 is 0 Å². The van der Waals surface area contributed by atoms with Gasteiger partial charge >= 0.3 is 0 Å². The molecule has 0 atom stereocenters. The van der Waals surface area contributed by atoms with Crippen LogP contribution < -0.4 is 0 Å². The molecule has 282 valence electrons. The van der Waals surface area contributed by atoms with Gasteiger partial charge in [-0.3, -0.25) is 4.98 Å². The van der Waals surface area contributed by atoms with Gasteiger partial charge in [0.2, 0.25) is 0 Å². The van der Waals surface area contributed by atoms with Crippen molar-refractivity contribution < 1.29 is 0 Å². The average Bonchev–Trinajstić information content (AvgIpc) is 3.35. The number of hydrogen-bond donors (Lipinski definition) is 0. The first kappa shape index (κ1) is 36.1. The Bertz CT molecular complexity index is 2870. The molecule has 3 aromatic heterocycles. The fourth-order valence-corrected chi connectivity index (χ4v) is 7.41. The van der Waals surface area contributed by atoms with E-state index in [1.54, 1.807) is 12.4 Å². The molecule has 3 heterocycles. The van der Waals surface area contributed by atoms with E-state index in [4.69, 9.17) is 15.0 Å². The van der Waals surface area contributed by atoms with Crippen LogP contribution in [0, 0.1) is 0 Å². The van der Waals surface area contributed by atoms with Crippen LogP contribution in [0.5, 0.6) is 0 Å². The zero-order valence-electron chi connectivity index (χ0n) is 32.5. The molecule has 0 amide bonds. The molecule has 10 aromatic rings. The van der Waals surface area contributed by atoms with E-state index in [0.717, 1.165) is 78.0 Å². The van der Waals surface area contributed by atoms with Crippen LogP contribution in [-0.4, -0.2) is 29.9 Å². The zero-order chi connectivity index (χ0) is 40.1. The van der Waals surface area contributed by atoms with Crippen molar-refractivity contribution in [2.45, 2.75) is 0 Å². The predicted molar refractivity (Wildman–Crippen MR) is 242 cm³/mol. The van der Waals surface area contributed by atoms with Crippen molar-refractivity contribution in [1.82, 2.24) is 29.9 Å². The molecule has 6 heteroatoms. The Kier molecular flexibility index (Phi) is 9.84. The van der Waals surface area contributed by atoms with Gasteiger partial charge in [-0.1, -0.05) is 158 Å². The summed E-state index contributed by atoms with van der Waals surface area (Å²) in [6.45, 7) is 0. The number of hydrogen-bond acceptors (Lipinski definition) is 6. The van der Waals surface area contributed by atoms with E-state index in [-0.39, 0.29) is 0 Å². The fourth-order valence-electron chi connectivity index (χ4n) is 7.41. The van der Waals surface area contributed by atoms with Crippen LogP contribution in [0.4, 0.5) is 0 Å². The first-order chi connectivity index (χ1) is 29.7. The molecule has 10 rings (SSSR count). The Hall–Kier alpha value is -8.22. The van der Waals surface area contributed by atoms with Crippen LogP contribution in [0.25, 0.3) is 101 Å². The lowest BCUT2D eigenvalue weighted by Crippen LogP contribution is -2.00. The van der Waals surface area contributed by atoms with Crippen molar-refractivity contribution in [2.24, 2.45) is 0 Å². The van der Waals surface area contributed by atoms with Crippen molar-refractivity contribution in [3.8, 4) is 101 Å². The molecule has 0 saturated carbocycles. The smallest absolute Gasteiger partial charge is 0.164 e. The highest BCUT2D eigenvalue weighted by atomic mass is 15.0. The van der Waals surface area contributed by atoms with Gasteiger partial charge in [0.25, 0.3) is 0 Å². The van der Waals surface area contributed by atoms with Gasteiger partial charge in [-0.05, 0) is 87.0 Å². The summed E-state index contributed by atoms with van der Waals surface area (Å²) in [5.41, 5.74) is 14.6. The molecule has 60 heavy (non-hydrogen) atoms. The minimum atomic E-state index is 0.608. The van der Waals surface area contributed by atoms with Crippen LogP contribution in [0.3, 0.4) is 0 Å². The highest BCUT2D eigenvalue weighted by Crippen LogP contribution is 2.33. The summed E-state index contributed by atoms with van der Waals surface area (Å²) in [7, 11) is 0. The Labute approximate surface area is 348 Å². The first-order valence-corrected chi connectivity index (χ1v) is 19.8. The van der Waals surface area contributed by atoms with Gasteiger partial charge in [0.1, 0.15) is 0 Å². The number of pyridine rings is 1. The van der Waals surface area contributed by atoms with Gasteiger partial charge in [-0.2, -0.15) is 0 Å². The Morgan fingerprint density at radius 2 is 0.550 bits per heavy atom. The van der Waals surface area contributed by atoms with E-state index in [0.29, 0.717) is 23.3 Å². The van der Waals surface area contributed by atoms with E-state index >= 15 is 0 Å². The summed E-state index contributed by atoms with van der Waals surface area (Å²) in [5, 5.41) is 0. The average molecular weight is 769 g/mol. The molecule has 0 radical (unpaired) electrons. The highest BCUT2D eigenvalue weighted by molar-refractivity contribution is 5.79. The molecule has 0 spiro atoms. The van der Waals surface area contributed by atoms with E-state index in [2.05, 4.69) is 161 Å². The molecular formula is C54H36N6. The van der Waals surface area contributed by atoms with Crippen LogP contribution in [-0.2, 0) is 0 Å². The van der Waals surface area contributed by atoms with Crippen molar-refractivity contribution in [3.63, 3.8) is 0 Å². The molecule has 0 fully saturated rings. The third kappa shape index (κ3) is 7.73. The third-order valence-corrected chi connectivity index (χ3v) is 10.5. The number of rotatable bonds is 9. The van der Waals surface area contributed by atoms with Gasteiger partial charge in [0.05, 0.1) is 5.69 Å². The van der Waals surface area contributed by atoms with Crippen LogP contribution in [0.15, 0.2) is 219 Å². The largest absolute Gasteiger partial charge is 0.256 e. The van der Waals surface area contributed by atoms with Crippen molar-refractivity contribution in [1.29, 1.82) is 0 Å². The van der Waals surface area contributed by atoms with Gasteiger partial charge < -0.3 is 0 Å². The number of aromatic nitrogens is 6. The summed E-state index contributed by atoms with van der Waals surface area (Å²) >= 11 is 0. The SMILES string of the molecule is c1ccc(-c2nc(-c3cccc(-c4cccc(-c5ccc(-c6ccccn6)cc5)c4)c3)nc(-c3cccc(-c4cccc(-c5ccc(-c6ncccn6)cc5)c4)c3)n2)cc1. The molecule has 0 N–H and O–H groups in total. The minimum Gasteiger partial charge on any atom is -0.256 e. The molecule has 0 aliphatic rings. The van der Waals surface area contributed by atoms with Crippen molar-refractivity contribution in [2.75, 3.05) is 0 Å². The normalized spacial score (nSPS) is 11.0. The van der Waals surface area contributed by atoms with E-state index in [1.165, 1.54) is 0 Å². The van der Waals surface area contributed by atoms with Crippen LogP contribution >= 0.6 is 0 Å². The summed E-state index contributed by atoms with van der Waals surface area (Å²) in [4.78, 5) is 28.5. The lowest BCUT2D eigenvalue weighted by atomic mass is 9.97. The fraction of sp³-hybridized carbons (Fsp3) is 0. The van der Waals surface area contributed by atoms with Crippen LogP contribution in [0.2, 0.25) is 0 Å². The lowest BCUT2D eigenvalue weighted by molar-refractivity contribution is 1.07. The van der Waals surface area contributed by atoms with E-state index in [1.807, 2.05) is 60.8 Å². The van der Waals surface area contributed by atoms with Gasteiger partial charge in [-0.25, -0.2) is 24.9 Å². The first-order valence-electron chi connectivity index (χ1n) is 19.8. The highest BCUT2D eigenvalue weighted by Gasteiger charge is 2.15. The molecule has 0 aliphatic carbocycles. The van der Waals surface area contributed by atoms with E-state index in [9.17, 15) is 0 Å². The van der Waals surface area contributed by atoms with Crippen LogP contribution in [0.1, 0.15) is 0 Å². The second kappa shape index (κ2) is 16.3. The quantitative estimate of drug-likeness (QED) is 0.145. The second-order valence-electron chi connectivity index (χ2n) is 14.4. The second-order valence-corrected chi connectivity index (χ2v) is 14.4. The summed E-state index contributed by atoms with van der Waals surface area (Å²) < 4.78 is 0. The van der Waals surface area contributed by atoms with Gasteiger partial charge in [-0.15, -0.1) is 0 Å². The van der Waals surface area contributed by atoms with Gasteiger partial charge in [0, 0.05) is 46.4 Å². The molecule has 0 saturated heterocycles. The predicted octanol–water partition coefficient (Wildman–Crippen LogP) is 13.1. The summed E-state index contributed by atoms with van der Waals surface area (Å²) in [6.07, 6.45) is 5.35. The molecule has 0 unspecified atom stereocenters. The van der Waals surface area contributed by atoms with Gasteiger partial charge in [0.15, 0.2) is 23.3 Å². The van der Waals surface area contributed by atoms with Crippen molar-refractivity contribution in [3.05, 3.63) is 219 Å². The minimum absolute atomic E-state index is 0.608. The molecular weight excluding hydrogens is 733 g/mol. The molecule has 0 aliphatic heterocycles. The Morgan fingerprint density at radius 1 is 0.200 bits per heavy atom. The topological polar surface area (TPSA) is 77.3 Å². The maximum atomic E-state index is 5.13.